The molecule has 0 aliphatic carbocycles. The van der Waals surface area contributed by atoms with Crippen molar-refractivity contribution in [2.24, 2.45) is 5.92 Å². The summed E-state index contributed by atoms with van der Waals surface area (Å²) in [5.74, 6) is 2.07. The third-order valence-electron chi connectivity index (χ3n) is 2.72. The van der Waals surface area contributed by atoms with Crippen LogP contribution in [0.1, 0.15) is 40.0 Å². The Balaban J connectivity index is 2.65. The van der Waals surface area contributed by atoms with Crippen LogP contribution < -0.4 is 10.1 Å². The third kappa shape index (κ3) is 6.14. The van der Waals surface area contributed by atoms with Gasteiger partial charge in [-0.2, -0.15) is 4.98 Å². The molecule has 1 aromatic rings. The number of hydrogen-bond acceptors (Lipinski definition) is 5. The van der Waals surface area contributed by atoms with Crippen LogP contribution >= 0.6 is 11.8 Å². The van der Waals surface area contributed by atoms with Crippen molar-refractivity contribution in [3.05, 3.63) is 6.07 Å². The van der Waals surface area contributed by atoms with Crippen LogP contribution in [0.3, 0.4) is 0 Å². The predicted octanol–water partition coefficient (Wildman–Crippen LogP) is 3.84. The van der Waals surface area contributed by atoms with Crippen molar-refractivity contribution in [3.63, 3.8) is 0 Å². The molecule has 0 aromatic carbocycles. The molecule has 0 radical (unpaired) electrons. The van der Waals surface area contributed by atoms with Gasteiger partial charge in [0.05, 0.1) is 6.61 Å². The van der Waals surface area contributed by atoms with Crippen LogP contribution in [-0.2, 0) is 0 Å². The number of anilines is 1. The fourth-order valence-electron chi connectivity index (χ4n) is 1.72. The standard InChI is InChI=1S/C14H25N3OS/c1-5-7-11(3)10-18-13-9-12(15-8-6-2)16-14(17-13)19-4/h9,11H,5-8,10H2,1-4H3,(H,15,16,17). The van der Waals surface area contributed by atoms with Gasteiger partial charge in [-0.05, 0) is 25.0 Å². The maximum Gasteiger partial charge on any atom is 0.219 e. The number of thioether (sulfide) groups is 1. The molecule has 108 valence electrons. The fraction of sp³-hybridized carbons (Fsp3) is 0.714. The molecule has 1 unspecified atom stereocenters. The number of hydrogen-bond donors (Lipinski definition) is 1. The van der Waals surface area contributed by atoms with E-state index in [4.69, 9.17) is 4.74 Å². The molecule has 19 heavy (non-hydrogen) atoms. The van der Waals surface area contributed by atoms with E-state index in [9.17, 15) is 0 Å². The van der Waals surface area contributed by atoms with Crippen LogP contribution in [0.25, 0.3) is 0 Å². The minimum Gasteiger partial charge on any atom is -0.477 e. The van der Waals surface area contributed by atoms with Crippen molar-refractivity contribution in [2.75, 3.05) is 24.7 Å². The summed E-state index contributed by atoms with van der Waals surface area (Å²) in [6.45, 7) is 8.16. The SMILES string of the molecule is CCCNc1cc(OCC(C)CCC)nc(SC)n1. The van der Waals surface area contributed by atoms with Gasteiger partial charge in [-0.3, -0.25) is 0 Å². The molecular formula is C14H25N3OS. The molecule has 0 saturated heterocycles. The number of rotatable bonds is 9. The molecule has 0 spiro atoms. The lowest BCUT2D eigenvalue weighted by atomic mass is 10.1. The molecule has 4 nitrogen and oxygen atoms in total. The van der Waals surface area contributed by atoms with Crippen LogP contribution in [0.15, 0.2) is 11.2 Å². The highest BCUT2D eigenvalue weighted by Gasteiger charge is 2.07. The topological polar surface area (TPSA) is 47.0 Å². The second-order valence-corrected chi connectivity index (χ2v) is 5.48. The van der Waals surface area contributed by atoms with E-state index in [2.05, 4.69) is 36.1 Å². The smallest absolute Gasteiger partial charge is 0.219 e. The van der Waals surface area contributed by atoms with Crippen molar-refractivity contribution in [1.82, 2.24) is 9.97 Å². The summed E-state index contributed by atoms with van der Waals surface area (Å²) in [4.78, 5) is 8.80. The largest absolute Gasteiger partial charge is 0.477 e. The molecule has 0 saturated carbocycles. The van der Waals surface area contributed by atoms with Crippen LogP contribution in [0.2, 0.25) is 0 Å². The number of nitrogens with one attached hydrogen (secondary N) is 1. The van der Waals surface area contributed by atoms with Crippen molar-refractivity contribution < 1.29 is 4.74 Å². The van der Waals surface area contributed by atoms with Gasteiger partial charge in [0, 0.05) is 12.6 Å². The lowest BCUT2D eigenvalue weighted by Crippen LogP contribution is -2.10. The lowest BCUT2D eigenvalue weighted by molar-refractivity contribution is 0.241. The van der Waals surface area contributed by atoms with E-state index in [1.807, 2.05) is 12.3 Å². The first-order chi connectivity index (χ1) is 9.19. The lowest BCUT2D eigenvalue weighted by Gasteiger charge is -2.13. The van der Waals surface area contributed by atoms with Gasteiger partial charge in [-0.1, -0.05) is 39.0 Å². The van der Waals surface area contributed by atoms with Gasteiger partial charge in [-0.15, -0.1) is 0 Å². The summed E-state index contributed by atoms with van der Waals surface area (Å²) in [6.07, 6.45) is 5.42. The summed E-state index contributed by atoms with van der Waals surface area (Å²) in [6, 6.07) is 1.88. The van der Waals surface area contributed by atoms with E-state index < -0.39 is 0 Å². The first-order valence-electron chi connectivity index (χ1n) is 6.99. The van der Waals surface area contributed by atoms with Gasteiger partial charge >= 0.3 is 0 Å². The first kappa shape index (κ1) is 16.1. The molecule has 1 rings (SSSR count). The van der Waals surface area contributed by atoms with Gasteiger partial charge < -0.3 is 10.1 Å². The van der Waals surface area contributed by atoms with Gasteiger partial charge in [0.2, 0.25) is 5.88 Å². The van der Waals surface area contributed by atoms with E-state index in [0.717, 1.165) is 23.9 Å². The second-order valence-electron chi connectivity index (χ2n) is 4.71. The normalized spacial score (nSPS) is 12.2. The zero-order valence-electron chi connectivity index (χ0n) is 12.4. The van der Waals surface area contributed by atoms with Crippen molar-refractivity contribution in [3.8, 4) is 5.88 Å². The highest BCUT2D eigenvalue weighted by atomic mass is 32.2. The molecule has 1 aromatic heterocycles. The van der Waals surface area contributed by atoms with Gasteiger partial charge in [0.25, 0.3) is 0 Å². The molecule has 0 amide bonds. The summed E-state index contributed by atoms with van der Waals surface area (Å²) in [5, 5.41) is 4.03. The Hall–Kier alpha value is -0.970. The minimum absolute atomic E-state index is 0.560. The third-order valence-corrected chi connectivity index (χ3v) is 3.27. The highest BCUT2D eigenvalue weighted by molar-refractivity contribution is 7.98. The first-order valence-corrected chi connectivity index (χ1v) is 8.21. The average Bonchev–Trinajstić information content (AvgIpc) is 2.43. The van der Waals surface area contributed by atoms with E-state index in [-0.39, 0.29) is 0 Å². The van der Waals surface area contributed by atoms with Gasteiger partial charge in [0.15, 0.2) is 5.16 Å². The fourth-order valence-corrected chi connectivity index (χ4v) is 2.09. The maximum absolute atomic E-state index is 5.78. The Bertz CT molecular complexity index is 374. The van der Waals surface area contributed by atoms with E-state index >= 15 is 0 Å². The number of aromatic nitrogens is 2. The molecule has 1 atom stereocenters. The van der Waals surface area contributed by atoms with Crippen LogP contribution in [0.4, 0.5) is 5.82 Å². The number of ether oxygens (including phenoxy) is 1. The predicted molar refractivity (Wildman–Crippen MR) is 82.2 cm³/mol. The molecule has 0 aliphatic rings. The van der Waals surface area contributed by atoms with Crippen LogP contribution in [-0.4, -0.2) is 29.4 Å². The summed E-state index contributed by atoms with van der Waals surface area (Å²) >= 11 is 1.53. The molecule has 1 N–H and O–H groups in total. The van der Waals surface area contributed by atoms with Gasteiger partial charge in [0.1, 0.15) is 5.82 Å². The molecular weight excluding hydrogens is 258 g/mol. The summed E-state index contributed by atoms with van der Waals surface area (Å²) < 4.78 is 5.78. The molecule has 1 heterocycles. The van der Waals surface area contributed by atoms with E-state index in [0.29, 0.717) is 18.4 Å². The Morgan fingerprint density at radius 3 is 2.74 bits per heavy atom. The zero-order valence-corrected chi connectivity index (χ0v) is 13.2. The van der Waals surface area contributed by atoms with Crippen molar-refractivity contribution >= 4 is 17.6 Å². The molecule has 0 aliphatic heterocycles. The molecule has 0 fully saturated rings. The Labute approximate surface area is 120 Å². The Kier molecular flexibility index (Phi) is 7.63. The number of nitrogens with zero attached hydrogens (tertiary/aromatic N) is 2. The summed E-state index contributed by atoms with van der Waals surface area (Å²) in [7, 11) is 0. The second kappa shape index (κ2) is 9.02. The molecule has 0 bridgehead atoms. The molecule has 5 heteroatoms. The van der Waals surface area contributed by atoms with E-state index in [1.165, 1.54) is 24.6 Å². The van der Waals surface area contributed by atoms with Crippen LogP contribution in [0, 0.1) is 5.92 Å². The average molecular weight is 283 g/mol. The van der Waals surface area contributed by atoms with Crippen molar-refractivity contribution in [2.45, 2.75) is 45.2 Å². The Morgan fingerprint density at radius 2 is 2.11 bits per heavy atom. The van der Waals surface area contributed by atoms with Crippen LogP contribution in [0.5, 0.6) is 5.88 Å². The minimum atomic E-state index is 0.560. The quantitative estimate of drug-likeness (QED) is 0.551. The zero-order chi connectivity index (χ0) is 14.1. The van der Waals surface area contributed by atoms with Gasteiger partial charge in [-0.25, -0.2) is 4.98 Å². The van der Waals surface area contributed by atoms with E-state index in [1.54, 1.807) is 0 Å². The summed E-state index contributed by atoms with van der Waals surface area (Å²) in [5.41, 5.74) is 0. The highest BCUT2D eigenvalue weighted by Crippen LogP contribution is 2.19. The monoisotopic (exact) mass is 283 g/mol. The van der Waals surface area contributed by atoms with Crippen molar-refractivity contribution in [1.29, 1.82) is 0 Å². The Morgan fingerprint density at radius 1 is 1.32 bits per heavy atom. The maximum atomic E-state index is 5.78.